The molecule has 0 saturated carbocycles. The monoisotopic (exact) mass is 451 g/mol. The minimum absolute atomic E-state index is 1.06. The number of rotatable bonds is 1. The Morgan fingerprint density at radius 3 is 2.60 bits per heavy atom. The van der Waals surface area contributed by atoms with E-state index < -0.39 is 0 Å². The highest BCUT2D eigenvalue weighted by Crippen LogP contribution is 2.42. The van der Waals surface area contributed by atoms with Crippen molar-refractivity contribution in [3.63, 3.8) is 0 Å². The van der Waals surface area contributed by atoms with Crippen LogP contribution in [0, 0.1) is 10.5 Å². The first kappa shape index (κ1) is 15.3. The Balaban J connectivity index is 1.99. The van der Waals surface area contributed by atoms with Crippen molar-refractivity contribution in [3.05, 3.63) is 75.2 Å². The fourth-order valence-electron chi connectivity index (χ4n) is 3.45. The maximum atomic E-state index is 5.02. The van der Waals surface area contributed by atoms with Crippen molar-refractivity contribution in [1.82, 2.24) is 4.98 Å². The van der Waals surface area contributed by atoms with Gasteiger partial charge in [-0.2, -0.15) is 0 Å². The van der Waals surface area contributed by atoms with E-state index in [9.17, 15) is 0 Å². The Hall–Kier alpha value is -1.98. The summed E-state index contributed by atoms with van der Waals surface area (Å²) in [6.07, 6.45) is 0. The fraction of sp³-hybridized carbons (Fsp3) is 0.0455. The summed E-state index contributed by atoms with van der Waals surface area (Å²) < 4.78 is 2.60. The van der Waals surface area contributed by atoms with Crippen LogP contribution in [-0.4, -0.2) is 4.98 Å². The molecule has 2 aromatic heterocycles. The predicted molar refractivity (Wildman–Crippen MR) is 118 cm³/mol. The molecule has 2 heterocycles. The molecule has 5 rings (SSSR count). The van der Waals surface area contributed by atoms with Gasteiger partial charge in [0.15, 0.2) is 0 Å². The lowest BCUT2D eigenvalue weighted by atomic mass is 9.99. The Morgan fingerprint density at radius 2 is 1.76 bits per heavy atom. The number of aromatic nitrogens is 1. The second kappa shape index (κ2) is 5.78. The zero-order valence-corrected chi connectivity index (χ0v) is 16.6. The number of aryl methyl sites for hydroxylation is 1. The van der Waals surface area contributed by atoms with Gasteiger partial charge in [0.2, 0.25) is 0 Å². The Bertz CT molecular complexity index is 1260. The number of hydrogen-bond acceptors (Lipinski definition) is 2. The van der Waals surface area contributed by atoms with Crippen molar-refractivity contribution in [1.29, 1.82) is 0 Å². The van der Waals surface area contributed by atoms with E-state index >= 15 is 0 Å². The van der Waals surface area contributed by atoms with Gasteiger partial charge in [0.05, 0.1) is 11.0 Å². The lowest BCUT2D eigenvalue weighted by Gasteiger charge is -2.12. The van der Waals surface area contributed by atoms with Gasteiger partial charge in [-0.05, 0) is 64.7 Å². The molecule has 0 atom stereocenters. The molecular weight excluding hydrogens is 437 g/mol. The fourth-order valence-corrected chi connectivity index (χ4v) is 5.60. The summed E-state index contributed by atoms with van der Waals surface area (Å²) in [5, 5.41) is 5.87. The first-order valence-corrected chi connectivity index (χ1v) is 10.1. The SMILES string of the molecule is Cc1ccc2nc3c(cc2c1)c(I)c(-c1ccccc1)c1sccc13. The molecule has 0 unspecified atom stereocenters. The van der Waals surface area contributed by atoms with Gasteiger partial charge in [0.25, 0.3) is 0 Å². The Morgan fingerprint density at radius 1 is 0.920 bits per heavy atom. The van der Waals surface area contributed by atoms with Crippen molar-refractivity contribution in [2.45, 2.75) is 6.92 Å². The molecule has 1 nitrogen and oxygen atoms in total. The lowest BCUT2D eigenvalue weighted by Crippen LogP contribution is -1.91. The van der Waals surface area contributed by atoms with Crippen LogP contribution in [0.15, 0.2) is 66.0 Å². The summed E-state index contributed by atoms with van der Waals surface area (Å²) in [6, 6.07) is 21.7. The Kier molecular flexibility index (Phi) is 3.54. The third kappa shape index (κ3) is 2.37. The molecule has 5 aromatic rings. The largest absolute Gasteiger partial charge is 0.247 e. The molecule has 0 saturated heterocycles. The topological polar surface area (TPSA) is 12.9 Å². The first-order valence-electron chi connectivity index (χ1n) is 8.17. The number of thiophene rings is 1. The van der Waals surface area contributed by atoms with Crippen LogP contribution in [0.5, 0.6) is 0 Å². The number of benzene rings is 3. The molecule has 0 amide bonds. The predicted octanol–water partition coefficient (Wildman–Crippen LogP) is 7.18. The van der Waals surface area contributed by atoms with Crippen molar-refractivity contribution in [2.75, 3.05) is 0 Å². The van der Waals surface area contributed by atoms with Gasteiger partial charge in [0, 0.05) is 30.0 Å². The van der Waals surface area contributed by atoms with Gasteiger partial charge in [-0.25, -0.2) is 4.98 Å². The summed E-state index contributed by atoms with van der Waals surface area (Å²) >= 11 is 4.30. The summed E-state index contributed by atoms with van der Waals surface area (Å²) in [4.78, 5) is 5.02. The standard InChI is InChI=1S/C22H14INS/c1-13-7-8-18-15(11-13)12-17-20(23)19(14-5-3-2-4-6-14)22-16(9-10-25-22)21(17)24-18/h2-12H,1H3. The average molecular weight is 451 g/mol. The minimum atomic E-state index is 1.06. The molecule has 120 valence electrons. The van der Waals surface area contributed by atoms with Crippen LogP contribution in [0.1, 0.15) is 5.56 Å². The average Bonchev–Trinajstić information content (AvgIpc) is 3.11. The third-order valence-corrected chi connectivity index (χ3v) is 6.69. The third-order valence-electron chi connectivity index (χ3n) is 4.64. The van der Waals surface area contributed by atoms with Crippen LogP contribution >= 0.6 is 33.9 Å². The summed E-state index contributed by atoms with van der Waals surface area (Å²) in [6.45, 7) is 2.13. The van der Waals surface area contributed by atoms with Gasteiger partial charge in [-0.3, -0.25) is 0 Å². The second-order valence-corrected chi connectivity index (χ2v) is 8.29. The van der Waals surface area contributed by atoms with E-state index in [1.54, 1.807) is 11.3 Å². The minimum Gasteiger partial charge on any atom is -0.247 e. The normalized spacial score (nSPS) is 11.6. The lowest BCUT2D eigenvalue weighted by molar-refractivity contribution is 1.46. The molecule has 25 heavy (non-hydrogen) atoms. The second-order valence-electron chi connectivity index (χ2n) is 6.30. The van der Waals surface area contributed by atoms with Gasteiger partial charge in [0.1, 0.15) is 0 Å². The number of fused-ring (bicyclic) bond motifs is 4. The van der Waals surface area contributed by atoms with Crippen LogP contribution in [0.25, 0.3) is 43.0 Å². The molecule has 0 bridgehead atoms. The Labute approximate surface area is 163 Å². The highest BCUT2D eigenvalue weighted by Gasteiger charge is 2.16. The van der Waals surface area contributed by atoms with Crippen molar-refractivity contribution in [2.24, 2.45) is 0 Å². The molecule has 0 spiro atoms. The van der Waals surface area contributed by atoms with Crippen molar-refractivity contribution < 1.29 is 0 Å². The highest BCUT2D eigenvalue weighted by molar-refractivity contribution is 14.1. The molecule has 0 aliphatic rings. The van der Waals surface area contributed by atoms with Gasteiger partial charge < -0.3 is 0 Å². The smallest absolute Gasteiger partial charge is 0.0807 e. The molecule has 0 aliphatic carbocycles. The van der Waals surface area contributed by atoms with E-state index in [-0.39, 0.29) is 0 Å². The maximum absolute atomic E-state index is 5.02. The number of pyridine rings is 1. The van der Waals surface area contributed by atoms with Crippen LogP contribution in [-0.2, 0) is 0 Å². The highest BCUT2D eigenvalue weighted by atomic mass is 127. The molecule has 0 aliphatic heterocycles. The quantitative estimate of drug-likeness (QED) is 0.194. The maximum Gasteiger partial charge on any atom is 0.0807 e. The van der Waals surface area contributed by atoms with E-state index in [2.05, 4.69) is 95.6 Å². The zero-order valence-electron chi connectivity index (χ0n) is 13.6. The van der Waals surface area contributed by atoms with Crippen LogP contribution in [0.2, 0.25) is 0 Å². The van der Waals surface area contributed by atoms with Crippen LogP contribution in [0.3, 0.4) is 0 Å². The number of halogens is 1. The molecular formula is C22H14INS. The van der Waals surface area contributed by atoms with Crippen molar-refractivity contribution in [3.8, 4) is 11.1 Å². The van der Waals surface area contributed by atoms with Gasteiger partial charge in [-0.1, -0.05) is 42.0 Å². The first-order chi connectivity index (χ1) is 12.2. The molecule has 0 fully saturated rings. The van der Waals surface area contributed by atoms with Crippen LogP contribution in [0.4, 0.5) is 0 Å². The zero-order chi connectivity index (χ0) is 17.0. The van der Waals surface area contributed by atoms with Crippen molar-refractivity contribution >= 4 is 65.8 Å². The van der Waals surface area contributed by atoms with E-state index in [4.69, 9.17) is 4.98 Å². The molecule has 3 heteroatoms. The van der Waals surface area contributed by atoms with E-state index in [1.807, 2.05) is 0 Å². The molecule has 3 aromatic carbocycles. The van der Waals surface area contributed by atoms with E-state index in [0.29, 0.717) is 0 Å². The van der Waals surface area contributed by atoms with Gasteiger partial charge in [-0.15, -0.1) is 11.3 Å². The summed E-state index contributed by atoms with van der Waals surface area (Å²) in [5.74, 6) is 0. The van der Waals surface area contributed by atoms with E-state index in [1.165, 1.54) is 41.1 Å². The molecule has 0 N–H and O–H groups in total. The van der Waals surface area contributed by atoms with E-state index in [0.717, 1.165) is 11.0 Å². The number of nitrogens with zero attached hydrogens (tertiary/aromatic N) is 1. The van der Waals surface area contributed by atoms with Gasteiger partial charge >= 0.3 is 0 Å². The summed E-state index contributed by atoms with van der Waals surface area (Å²) in [7, 11) is 0. The number of hydrogen-bond donors (Lipinski definition) is 0. The molecule has 0 radical (unpaired) electrons. The summed E-state index contributed by atoms with van der Waals surface area (Å²) in [5.41, 5.74) is 6.03. The van der Waals surface area contributed by atoms with Crippen LogP contribution < -0.4 is 0 Å².